The summed E-state index contributed by atoms with van der Waals surface area (Å²) < 4.78 is 1.10. The first-order valence-corrected chi connectivity index (χ1v) is 6.22. The van der Waals surface area contributed by atoms with Gasteiger partial charge >= 0.3 is 0 Å². The highest BCUT2D eigenvalue weighted by molar-refractivity contribution is 9.10. The van der Waals surface area contributed by atoms with Crippen molar-refractivity contribution in [2.75, 3.05) is 0 Å². The summed E-state index contributed by atoms with van der Waals surface area (Å²) in [5, 5.41) is 8.82. The van der Waals surface area contributed by atoms with E-state index in [4.69, 9.17) is 5.26 Å². The smallest absolute Gasteiger partial charge is 0.0991 e. The highest BCUT2D eigenvalue weighted by Crippen LogP contribution is 2.18. The lowest BCUT2D eigenvalue weighted by molar-refractivity contribution is 1.15. The first-order chi connectivity index (χ1) is 8.19. The van der Waals surface area contributed by atoms with Crippen LogP contribution in [0.1, 0.15) is 22.3 Å². The standard InChI is InChI=1S/C15H12BrN/c1-11-7-13(10-17)5-6-14(11)8-12-3-2-4-15(16)9-12/h2-7,9H,8H2,1H3. The first-order valence-electron chi connectivity index (χ1n) is 5.43. The Kier molecular flexibility index (Phi) is 3.61. The number of nitriles is 1. The van der Waals surface area contributed by atoms with Crippen molar-refractivity contribution >= 4 is 15.9 Å². The van der Waals surface area contributed by atoms with E-state index < -0.39 is 0 Å². The molecule has 0 spiro atoms. The lowest BCUT2D eigenvalue weighted by atomic mass is 9.99. The molecule has 2 rings (SSSR count). The van der Waals surface area contributed by atoms with E-state index in [2.05, 4.69) is 34.1 Å². The molecule has 0 heterocycles. The average molecular weight is 286 g/mol. The van der Waals surface area contributed by atoms with E-state index in [0.717, 1.165) is 16.5 Å². The Hall–Kier alpha value is -1.59. The fourth-order valence-electron chi connectivity index (χ4n) is 1.83. The maximum absolute atomic E-state index is 8.82. The molecule has 0 bridgehead atoms. The van der Waals surface area contributed by atoms with Gasteiger partial charge in [-0.25, -0.2) is 0 Å². The third-order valence-corrected chi connectivity index (χ3v) is 3.25. The van der Waals surface area contributed by atoms with Gasteiger partial charge < -0.3 is 0 Å². The summed E-state index contributed by atoms with van der Waals surface area (Å²) in [6, 6.07) is 16.3. The summed E-state index contributed by atoms with van der Waals surface area (Å²) in [7, 11) is 0. The van der Waals surface area contributed by atoms with Crippen molar-refractivity contribution in [1.29, 1.82) is 5.26 Å². The van der Waals surface area contributed by atoms with E-state index in [-0.39, 0.29) is 0 Å². The highest BCUT2D eigenvalue weighted by Gasteiger charge is 2.02. The van der Waals surface area contributed by atoms with Crippen LogP contribution >= 0.6 is 15.9 Å². The second-order valence-corrected chi connectivity index (χ2v) is 4.98. The van der Waals surface area contributed by atoms with Crippen molar-refractivity contribution in [2.45, 2.75) is 13.3 Å². The third-order valence-electron chi connectivity index (χ3n) is 2.76. The molecule has 1 nitrogen and oxygen atoms in total. The molecule has 17 heavy (non-hydrogen) atoms. The third kappa shape index (κ3) is 2.95. The first kappa shape index (κ1) is 11.9. The summed E-state index contributed by atoms with van der Waals surface area (Å²) in [5.41, 5.74) is 4.43. The van der Waals surface area contributed by atoms with E-state index in [1.165, 1.54) is 16.7 Å². The highest BCUT2D eigenvalue weighted by atomic mass is 79.9. The fraction of sp³-hybridized carbons (Fsp3) is 0.133. The van der Waals surface area contributed by atoms with Gasteiger partial charge in [-0.15, -0.1) is 0 Å². The van der Waals surface area contributed by atoms with Crippen LogP contribution in [-0.4, -0.2) is 0 Å². The molecule has 0 fully saturated rings. The van der Waals surface area contributed by atoms with Crippen LogP contribution in [0.2, 0.25) is 0 Å². The van der Waals surface area contributed by atoms with Crippen molar-refractivity contribution in [3.8, 4) is 6.07 Å². The van der Waals surface area contributed by atoms with Crippen LogP contribution in [0.4, 0.5) is 0 Å². The van der Waals surface area contributed by atoms with Crippen molar-refractivity contribution in [2.24, 2.45) is 0 Å². The van der Waals surface area contributed by atoms with Gasteiger partial charge in [-0.1, -0.05) is 34.1 Å². The van der Waals surface area contributed by atoms with Gasteiger partial charge in [0.2, 0.25) is 0 Å². The number of hydrogen-bond acceptors (Lipinski definition) is 1. The molecule has 0 atom stereocenters. The van der Waals surface area contributed by atoms with Crippen molar-refractivity contribution in [3.63, 3.8) is 0 Å². The summed E-state index contributed by atoms with van der Waals surface area (Å²) in [6.45, 7) is 2.05. The van der Waals surface area contributed by atoms with Crippen LogP contribution in [0.5, 0.6) is 0 Å². The van der Waals surface area contributed by atoms with Gasteiger partial charge in [-0.3, -0.25) is 0 Å². The number of hydrogen-bond donors (Lipinski definition) is 0. The molecule has 0 aliphatic rings. The predicted molar refractivity (Wildman–Crippen MR) is 72.8 cm³/mol. The second kappa shape index (κ2) is 5.16. The van der Waals surface area contributed by atoms with Gasteiger partial charge in [-0.05, 0) is 54.3 Å². The van der Waals surface area contributed by atoms with E-state index in [9.17, 15) is 0 Å². The molecule has 84 valence electrons. The quantitative estimate of drug-likeness (QED) is 0.810. The SMILES string of the molecule is Cc1cc(C#N)ccc1Cc1cccc(Br)c1. The minimum absolute atomic E-state index is 0.723. The molecule has 0 radical (unpaired) electrons. The lowest BCUT2D eigenvalue weighted by Gasteiger charge is -2.06. The van der Waals surface area contributed by atoms with E-state index in [1.54, 1.807) is 0 Å². The monoisotopic (exact) mass is 285 g/mol. The average Bonchev–Trinajstić information content (AvgIpc) is 2.32. The van der Waals surface area contributed by atoms with E-state index in [1.807, 2.05) is 37.3 Å². The zero-order valence-corrected chi connectivity index (χ0v) is 11.2. The van der Waals surface area contributed by atoms with Gasteiger partial charge in [0.25, 0.3) is 0 Å². The Morgan fingerprint density at radius 2 is 2.00 bits per heavy atom. The minimum atomic E-state index is 0.723. The summed E-state index contributed by atoms with van der Waals surface area (Å²) in [5.74, 6) is 0. The molecule has 0 amide bonds. The number of nitrogens with zero attached hydrogens (tertiary/aromatic N) is 1. The largest absolute Gasteiger partial charge is 0.192 e. The second-order valence-electron chi connectivity index (χ2n) is 4.06. The van der Waals surface area contributed by atoms with E-state index in [0.29, 0.717) is 0 Å². The molecule has 2 aromatic rings. The van der Waals surface area contributed by atoms with Gasteiger partial charge in [-0.2, -0.15) is 5.26 Å². The number of halogens is 1. The van der Waals surface area contributed by atoms with Crippen LogP contribution in [0.25, 0.3) is 0 Å². The maximum Gasteiger partial charge on any atom is 0.0991 e. The van der Waals surface area contributed by atoms with Crippen LogP contribution in [0.15, 0.2) is 46.9 Å². The molecule has 0 saturated heterocycles. The molecular weight excluding hydrogens is 274 g/mol. The molecule has 0 aliphatic carbocycles. The van der Waals surface area contributed by atoms with Crippen LogP contribution < -0.4 is 0 Å². The Morgan fingerprint density at radius 3 is 2.65 bits per heavy atom. The maximum atomic E-state index is 8.82. The van der Waals surface area contributed by atoms with Gasteiger partial charge in [0.1, 0.15) is 0 Å². The lowest BCUT2D eigenvalue weighted by Crippen LogP contribution is -1.92. The topological polar surface area (TPSA) is 23.8 Å². The number of benzene rings is 2. The van der Waals surface area contributed by atoms with Crippen LogP contribution in [0.3, 0.4) is 0 Å². The van der Waals surface area contributed by atoms with Crippen LogP contribution in [-0.2, 0) is 6.42 Å². The normalized spacial score (nSPS) is 9.94. The van der Waals surface area contributed by atoms with Crippen LogP contribution in [0, 0.1) is 18.3 Å². The Labute approximate surface area is 110 Å². The molecule has 0 N–H and O–H groups in total. The molecule has 0 unspecified atom stereocenters. The summed E-state index contributed by atoms with van der Waals surface area (Å²) in [6.07, 6.45) is 0.900. The van der Waals surface area contributed by atoms with Crippen molar-refractivity contribution in [1.82, 2.24) is 0 Å². The predicted octanol–water partition coefficient (Wildman–Crippen LogP) is 4.22. The summed E-state index contributed by atoms with van der Waals surface area (Å²) >= 11 is 3.47. The number of rotatable bonds is 2. The fourth-order valence-corrected chi connectivity index (χ4v) is 2.28. The molecule has 0 aliphatic heterocycles. The zero-order valence-electron chi connectivity index (χ0n) is 9.57. The Balaban J connectivity index is 2.28. The molecular formula is C15H12BrN. The van der Waals surface area contributed by atoms with Gasteiger partial charge in [0.05, 0.1) is 11.6 Å². The summed E-state index contributed by atoms with van der Waals surface area (Å²) in [4.78, 5) is 0. The minimum Gasteiger partial charge on any atom is -0.192 e. The zero-order chi connectivity index (χ0) is 12.3. The molecule has 2 heteroatoms. The molecule has 0 saturated carbocycles. The molecule has 2 aromatic carbocycles. The molecule has 0 aromatic heterocycles. The van der Waals surface area contributed by atoms with Gasteiger partial charge in [0.15, 0.2) is 0 Å². The Morgan fingerprint density at radius 1 is 1.18 bits per heavy atom. The number of aryl methyl sites for hydroxylation is 1. The van der Waals surface area contributed by atoms with Gasteiger partial charge in [0, 0.05) is 4.47 Å². The van der Waals surface area contributed by atoms with E-state index >= 15 is 0 Å². The van der Waals surface area contributed by atoms with Crippen molar-refractivity contribution < 1.29 is 0 Å². The Bertz CT molecular complexity index is 582. The van der Waals surface area contributed by atoms with Crippen molar-refractivity contribution in [3.05, 3.63) is 69.2 Å².